The molecule has 0 bridgehead atoms. The van der Waals surface area contributed by atoms with Gasteiger partial charge in [-0.15, -0.1) is 0 Å². The van der Waals surface area contributed by atoms with Crippen molar-refractivity contribution >= 4 is 36.2 Å². The standard InChI is InChI=1S/16Li.4O4Si/c;;;;;;;;;;;;;;;;4*1-5(2,3)4/q16*+1;4*-4. The molecule has 36 heteroatoms. The van der Waals surface area contributed by atoms with E-state index in [1.807, 2.05) is 0 Å². The molecule has 0 fully saturated rings. The molecule has 0 N–H and O–H groups in total. The van der Waals surface area contributed by atoms with Crippen LogP contribution in [-0.2, 0) is 0 Å². The Bertz CT molecular complexity index is 160. The first-order chi connectivity index (χ1) is 8.00. The number of rotatable bonds is 0. The molecule has 128 valence electrons. The second-order valence-corrected chi connectivity index (χ2v) is 6.00. The van der Waals surface area contributed by atoms with Crippen LogP contribution in [0.3, 0.4) is 0 Å². The van der Waals surface area contributed by atoms with Gasteiger partial charge in [-0.3, -0.25) is 0 Å². The Labute approximate surface area is 406 Å². The fraction of sp³-hybridized carbons (Fsp3) is 0. The molecule has 0 aliphatic heterocycles. The number of hydrogen-bond donors (Lipinski definition) is 0. The van der Waals surface area contributed by atoms with Gasteiger partial charge in [-0.2, -0.15) is 0 Å². The molecule has 0 atom stereocenters. The van der Waals surface area contributed by atoms with E-state index in [-0.39, 0.29) is 302 Å². The average Bonchev–Trinajstić information content (AvgIpc) is 1.62. The van der Waals surface area contributed by atoms with Gasteiger partial charge < -0.3 is 113 Å². The minimum Gasteiger partial charge on any atom is -0.894 e. The molecule has 0 aromatic carbocycles. The topological polar surface area (TPSA) is 369 Å². The maximum Gasteiger partial charge on any atom is 1.00 e. The molecule has 16 nitrogen and oxygen atoms in total. The van der Waals surface area contributed by atoms with Crippen molar-refractivity contribution in [3.8, 4) is 0 Å². The van der Waals surface area contributed by atoms with Crippen molar-refractivity contribution in [2.24, 2.45) is 0 Å². The molecular weight excluding hydrogens is 479 g/mol. The van der Waals surface area contributed by atoms with Crippen molar-refractivity contribution in [3.63, 3.8) is 0 Å². The largest absolute Gasteiger partial charge is 1.00 e. The van der Waals surface area contributed by atoms with Gasteiger partial charge in [0.05, 0.1) is 0 Å². The Morgan fingerprint density at radius 2 is 0.139 bits per heavy atom. The molecule has 0 aliphatic carbocycles. The third-order valence-corrected chi connectivity index (χ3v) is 0. The van der Waals surface area contributed by atoms with Crippen LogP contribution < -0.4 is 379 Å². The van der Waals surface area contributed by atoms with Crippen molar-refractivity contribution in [3.05, 3.63) is 0 Å². The predicted octanol–water partition coefficient (Wildman–Crippen LogP) is -68.5. The van der Waals surface area contributed by atoms with Crippen molar-refractivity contribution in [1.82, 2.24) is 0 Å². The van der Waals surface area contributed by atoms with E-state index in [0.29, 0.717) is 0 Å². The van der Waals surface area contributed by atoms with Crippen molar-refractivity contribution in [1.29, 1.82) is 0 Å². The monoisotopic (exact) mass is 480 g/mol. The van der Waals surface area contributed by atoms with Crippen LogP contribution in [0.15, 0.2) is 0 Å². The smallest absolute Gasteiger partial charge is 0.894 e. The molecular formula is Li16O16Si4. The van der Waals surface area contributed by atoms with E-state index in [1.54, 1.807) is 0 Å². The molecule has 0 aromatic heterocycles. The molecule has 0 rings (SSSR count). The molecule has 0 saturated carbocycles. The summed E-state index contributed by atoms with van der Waals surface area (Å²) in [5.74, 6) is 0. The van der Waals surface area contributed by atoms with E-state index in [9.17, 15) is 0 Å². The van der Waals surface area contributed by atoms with Gasteiger partial charge in [-0.1, -0.05) is 0 Å². The Hall–Kier alpha value is 9.79. The first kappa shape index (κ1) is 138. The van der Waals surface area contributed by atoms with Crippen LogP contribution in [0.2, 0.25) is 0 Å². The summed E-state index contributed by atoms with van der Waals surface area (Å²) in [7, 11) is -22.4. The maximum absolute atomic E-state index is 8.58. The summed E-state index contributed by atoms with van der Waals surface area (Å²) < 4.78 is 0. The first-order valence-electron chi connectivity index (χ1n) is 3.27. The van der Waals surface area contributed by atoms with E-state index in [4.69, 9.17) is 76.7 Å². The van der Waals surface area contributed by atoms with Crippen LogP contribution in [0.5, 0.6) is 0 Å². The van der Waals surface area contributed by atoms with Gasteiger partial charge in [0.15, 0.2) is 0 Å². The Balaban J connectivity index is -0.00000000459. The fourth-order valence-electron chi connectivity index (χ4n) is 0. The second-order valence-electron chi connectivity index (χ2n) is 2.00. The Morgan fingerprint density at radius 3 is 0.139 bits per heavy atom. The van der Waals surface area contributed by atoms with E-state index >= 15 is 0 Å². The predicted molar refractivity (Wildman–Crippen MR) is 23.0 cm³/mol. The van der Waals surface area contributed by atoms with Gasteiger partial charge in [0.1, 0.15) is 0 Å². The zero-order valence-corrected chi connectivity index (χ0v) is 28.5. The van der Waals surface area contributed by atoms with Crippen LogP contribution in [-0.4, -0.2) is 36.2 Å². The second kappa shape index (κ2) is 75.2. The van der Waals surface area contributed by atoms with Crippen LogP contribution in [0.25, 0.3) is 0 Å². The molecule has 0 aromatic rings. The van der Waals surface area contributed by atoms with Crippen molar-refractivity contribution < 1.29 is 379 Å². The van der Waals surface area contributed by atoms with Gasteiger partial charge >= 0.3 is 302 Å². The molecule has 0 aliphatic rings. The van der Waals surface area contributed by atoms with E-state index < -0.39 is 36.2 Å². The van der Waals surface area contributed by atoms with Crippen molar-refractivity contribution in [2.45, 2.75) is 0 Å². The zero-order valence-electron chi connectivity index (χ0n) is 24.5. The van der Waals surface area contributed by atoms with Gasteiger partial charge in [-0.25, -0.2) is 0 Å². The molecule has 36 heavy (non-hydrogen) atoms. The first-order valence-corrected chi connectivity index (χ1v) is 9.80. The van der Waals surface area contributed by atoms with Gasteiger partial charge in [0, 0.05) is 0 Å². The van der Waals surface area contributed by atoms with Crippen LogP contribution in [0.1, 0.15) is 0 Å². The Kier molecular flexibility index (Phi) is 289. The summed E-state index contributed by atoms with van der Waals surface area (Å²) in [6, 6.07) is 0. The third kappa shape index (κ3) is 837. The van der Waals surface area contributed by atoms with Crippen LogP contribution >= 0.6 is 0 Å². The molecule has 0 unspecified atom stereocenters. The summed E-state index contributed by atoms with van der Waals surface area (Å²) in [5, 5.41) is 0. The average molecular weight is 479 g/mol. The molecule has 0 heterocycles. The van der Waals surface area contributed by atoms with Gasteiger partial charge in [0.25, 0.3) is 0 Å². The Morgan fingerprint density at radius 1 is 0.139 bits per heavy atom. The molecule has 0 radical (unpaired) electrons. The summed E-state index contributed by atoms with van der Waals surface area (Å²) in [5.41, 5.74) is 0. The minimum atomic E-state index is -5.61. The minimum absolute atomic E-state index is 0. The summed E-state index contributed by atoms with van der Waals surface area (Å²) in [6.07, 6.45) is 0. The SMILES string of the molecule is [Li+].[Li+].[Li+].[Li+].[Li+].[Li+].[Li+].[Li+].[Li+].[Li+].[Li+].[Li+].[Li+].[Li+].[Li+].[Li+].[O-][Si]([O-])([O-])[O-].[O-][Si]([O-])([O-])[O-].[O-][Si]([O-])([O-])[O-].[O-][Si]([O-])([O-])[O-]. The quantitative estimate of drug-likeness (QED) is 0.291. The van der Waals surface area contributed by atoms with Gasteiger partial charge in [0.2, 0.25) is 0 Å². The van der Waals surface area contributed by atoms with E-state index in [2.05, 4.69) is 0 Å². The summed E-state index contributed by atoms with van der Waals surface area (Å²) in [6.45, 7) is 0. The molecule has 0 spiro atoms. The third-order valence-electron chi connectivity index (χ3n) is 0. The molecule has 0 amide bonds. The van der Waals surface area contributed by atoms with Crippen LogP contribution in [0, 0.1) is 0 Å². The maximum atomic E-state index is 8.58. The van der Waals surface area contributed by atoms with Crippen molar-refractivity contribution in [2.75, 3.05) is 0 Å². The fourth-order valence-corrected chi connectivity index (χ4v) is 0. The zero-order chi connectivity index (χ0) is 18.0. The normalized spacial score (nSPS) is 6.67. The van der Waals surface area contributed by atoms with E-state index in [0.717, 1.165) is 0 Å². The molecule has 0 saturated heterocycles. The summed E-state index contributed by atoms with van der Waals surface area (Å²) >= 11 is 0. The summed E-state index contributed by atoms with van der Waals surface area (Å²) in [4.78, 5) is 137. The van der Waals surface area contributed by atoms with E-state index in [1.165, 1.54) is 0 Å². The van der Waals surface area contributed by atoms with Gasteiger partial charge in [-0.05, 0) is 0 Å². The van der Waals surface area contributed by atoms with Crippen LogP contribution in [0.4, 0.5) is 0 Å². The number of hydrogen-bond acceptors (Lipinski definition) is 16.